The molecule has 2 aliphatic heterocycles. The molecule has 2 fully saturated rings. The molecule has 0 radical (unpaired) electrons. The van der Waals surface area contributed by atoms with Gasteiger partial charge in [-0.15, -0.1) is 0 Å². The summed E-state index contributed by atoms with van der Waals surface area (Å²) in [7, 11) is 0. The topological polar surface area (TPSA) is 199 Å². The van der Waals surface area contributed by atoms with Crippen molar-refractivity contribution in [2.24, 2.45) is 0 Å². The first-order valence-corrected chi connectivity index (χ1v) is 11.2. The second kappa shape index (κ2) is 10.5. The van der Waals surface area contributed by atoms with E-state index < -0.39 is 68.0 Å². The highest BCUT2D eigenvalue weighted by atomic mass is 16.8. The van der Waals surface area contributed by atoms with E-state index in [2.05, 4.69) is 0 Å². The molecule has 12 nitrogen and oxygen atoms in total. The number of phenols is 1. The maximum Gasteiger partial charge on any atom is 0.229 e. The Hall–Kier alpha value is -2.10. The number of hydrogen-bond donors (Lipinski definition) is 8. The Kier molecular flexibility index (Phi) is 7.78. The predicted octanol–water partition coefficient (Wildman–Crippen LogP) is -1.93. The average Bonchev–Trinajstić information content (AvgIpc) is 2.85. The normalized spacial score (nSPS) is 37.9. The van der Waals surface area contributed by atoms with Crippen molar-refractivity contribution < 1.29 is 59.8 Å². The molecule has 8 N–H and O–H groups in total. The van der Waals surface area contributed by atoms with Crippen LogP contribution < -0.4 is 4.74 Å². The van der Waals surface area contributed by atoms with E-state index in [0.29, 0.717) is 10.9 Å². The minimum Gasteiger partial charge on any atom is -0.507 e. The van der Waals surface area contributed by atoms with Gasteiger partial charge in [0.2, 0.25) is 6.29 Å². The Labute approximate surface area is 200 Å². The van der Waals surface area contributed by atoms with Gasteiger partial charge in [-0.2, -0.15) is 0 Å². The first kappa shape index (κ1) is 26.0. The highest BCUT2D eigenvalue weighted by molar-refractivity contribution is 5.94. The summed E-state index contributed by atoms with van der Waals surface area (Å²) >= 11 is 0. The van der Waals surface area contributed by atoms with Crippen LogP contribution in [0.25, 0.3) is 10.8 Å². The molecule has 194 valence electrons. The summed E-state index contributed by atoms with van der Waals surface area (Å²) < 4.78 is 22.7. The zero-order valence-electron chi connectivity index (χ0n) is 18.8. The van der Waals surface area contributed by atoms with Gasteiger partial charge in [0.15, 0.2) is 12.4 Å². The minimum absolute atomic E-state index is 0.0532. The van der Waals surface area contributed by atoms with Gasteiger partial charge < -0.3 is 59.8 Å². The van der Waals surface area contributed by atoms with Crippen LogP contribution in [0.1, 0.15) is 12.5 Å². The van der Waals surface area contributed by atoms with Crippen LogP contribution in [0.4, 0.5) is 0 Å². The van der Waals surface area contributed by atoms with Crippen LogP contribution in [-0.2, 0) is 20.8 Å². The Bertz CT molecular complexity index is 1020. The zero-order chi connectivity index (χ0) is 25.4. The fraction of sp³-hybridized carbons (Fsp3) is 0.565. The maximum absolute atomic E-state index is 10.8. The van der Waals surface area contributed by atoms with Gasteiger partial charge in [-0.05, 0) is 36.1 Å². The van der Waals surface area contributed by atoms with Crippen molar-refractivity contribution in [1.82, 2.24) is 0 Å². The number of hydrogen-bond acceptors (Lipinski definition) is 12. The fourth-order valence-corrected chi connectivity index (χ4v) is 4.31. The third-order valence-corrected chi connectivity index (χ3v) is 6.33. The van der Waals surface area contributed by atoms with Crippen LogP contribution in [0.5, 0.6) is 11.5 Å². The molecule has 12 heteroatoms. The quantitative estimate of drug-likeness (QED) is 0.220. The molecule has 35 heavy (non-hydrogen) atoms. The van der Waals surface area contributed by atoms with E-state index in [1.807, 2.05) is 0 Å². The molecule has 0 aromatic heterocycles. The SMILES string of the molecule is C[C@@H]1O[C@@H](O[C@H]2[C@H](Oc3cc(CO)cc4cccc(O)c34)O[C@H](CO)[C@H](O)[C@@H]2O)[C@H](O)[C@H](O)[C@H]1O. The Morgan fingerprint density at radius 2 is 1.60 bits per heavy atom. The molecule has 2 aromatic carbocycles. The molecular formula is C23H30O12. The van der Waals surface area contributed by atoms with E-state index in [9.17, 15) is 40.9 Å². The molecule has 0 spiro atoms. The number of aliphatic hydroxyl groups is 7. The smallest absolute Gasteiger partial charge is 0.229 e. The van der Waals surface area contributed by atoms with Crippen molar-refractivity contribution in [2.75, 3.05) is 6.61 Å². The van der Waals surface area contributed by atoms with E-state index in [0.717, 1.165) is 0 Å². The molecule has 10 atom stereocenters. The fourth-order valence-electron chi connectivity index (χ4n) is 4.31. The molecule has 4 rings (SSSR count). The molecular weight excluding hydrogens is 468 g/mol. The minimum atomic E-state index is -1.70. The van der Waals surface area contributed by atoms with Crippen molar-refractivity contribution in [3.8, 4) is 11.5 Å². The molecule has 2 aromatic rings. The summed E-state index contributed by atoms with van der Waals surface area (Å²) in [6.45, 7) is 0.441. The molecule has 0 saturated carbocycles. The summed E-state index contributed by atoms with van der Waals surface area (Å²) in [5.74, 6) is -0.0796. The van der Waals surface area contributed by atoms with Crippen molar-refractivity contribution >= 4 is 10.8 Å². The summed E-state index contributed by atoms with van der Waals surface area (Å²) in [6.07, 6.45) is -14.7. The molecule has 0 amide bonds. The molecule has 2 aliphatic rings. The third-order valence-electron chi connectivity index (χ3n) is 6.33. The number of benzene rings is 2. The standard InChI is InChI=1S/C23H30O12/c1-9-16(27)18(29)20(31)22(32-9)35-21-19(30)17(28)14(8-25)34-23(21)33-13-6-10(7-24)5-11-3-2-4-12(26)15(11)13/h2-6,9,14,16-31H,7-8H2,1H3/t9-,14+,16-,17-,18+,19-,20+,21+,22-,23+/m0/s1. The maximum atomic E-state index is 10.8. The molecule has 2 saturated heterocycles. The van der Waals surface area contributed by atoms with E-state index in [4.69, 9.17) is 18.9 Å². The van der Waals surface area contributed by atoms with Crippen molar-refractivity contribution in [1.29, 1.82) is 0 Å². The van der Waals surface area contributed by atoms with Gasteiger partial charge in [0, 0.05) is 0 Å². The van der Waals surface area contributed by atoms with Crippen molar-refractivity contribution in [2.45, 2.75) is 74.9 Å². The first-order chi connectivity index (χ1) is 16.7. The lowest BCUT2D eigenvalue weighted by molar-refractivity contribution is -0.354. The van der Waals surface area contributed by atoms with Crippen molar-refractivity contribution in [3.05, 3.63) is 35.9 Å². The van der Waals surface area contributed by atoms with Gasteiger partial charge in [0.05, 0.1) is 24.7 Å². The van der Waals surface area contributed by atoms with Gasteiger partial charge in [-0.25, -0.2) is 0 Å². The van der Waals surface area contributed by atoms with Crippen LogP contribution in [0.2, 0.25) is 0 Å². The lowest BCUT2D eigenvalue weighted by atomic mass is 9.97. The van der Waals surface area contributed by atoms with E-state index in [1.54, 1.807) is 18.2 Å². The monoisotopic (exact) mass is 498 g/mol. The van der Waals surface area contributed by atoms with Crippen LogP contribution in [0, 0.1) is 0 Å². The van der Waals surface area contributed by atoms with Crippen molar-refractivity contribution in [3.63, 3.8) is 0 Å². The molecule has 0 bridgehead atoms. The van der Waals surface area contributed by atoms with Gasteiger partial charge in [-0.1, -0.05) is 12.1 Å². The summed E-state index contributed by atoms with van der Waals surface area (Å²) in [5, 5.41) is 82.1. The molecule has 0 aliphatic carbocycles. The number of fused-ring (bicyclic) bond motifs is 1. The van der Waals surface area contributed by atoms with Gasteiger partial charge in [-0.3, -0.25) is 0 Å². The second-order valence-corrected chi connectivity index (χ2v) is 8.73. The highest BCUT2D eigenvalue weighted by Crippen LogP contribution is 2.37. The van der Waals surface area contributed by atoms with E-state index in [-0.39, 0.29) is 23.5 Å². The number of phenolic OH excluding ortho intramolecular Hbond substituents is 1. The Morgan fingerprint density at radius 1 is 0.857 bits per heavy atom. The van der Waals surface area contributed by atoms with E-state index >= 15 is 0 Å². The largest absolute Gasteiger partial charge is 0.507 e. The highest BCUT2D eigenvalue weighted by Gasteiger charge is 2.51. The molecule has 0 unspecified atom stereocenters. The first-order valence-electron chi connectivity index (χ1n) is 11.2. The average molecular weight is 498 g/mol. The van der Waals surface area contributed by atoms with Crippen LogP contribution in [0.15, 0.2) is 30.3 Å². The number of aliphatic hydroxyl groups excluding tert-OH is 7. The van der Waals surface area contributed by atoms with Crippen LogP contribution in [0.3, 0.4) is 0 Å². The Morgan fingerprint density at radius 3 is 2.29 bits per heavy atom. The molecule has 2 heterocycles. The summed E-state index contributed by atoms with van der Waals surface area (Å²) in [4.78, 5) is 0. The second-order valence-electron chi connectivity index (χ2n) is 8.73. The lowest BCUT2D eigenvalue weighted by Gasteiger charge is -2.45. The third kappa shape index (κ3) is 4.95. The van der Waals surface area contributed by atoms with Crippen LogP contribution in [-0.4, -0.2) is 109 Å². The van der Waals surface area contributed by atoms with E-state index in [1.165, 1.54) is 19.1 Å². The summed E-state index contributed by atoms with van der Waals surface area (Å²) in [6, 6.07) is 7.82. The lowest BCUT2D eigenvalue weighted by Crippen LogP contribution is -2.64. The zero-order valence-corrected chi connectivity index (χ0v) is 18.8. The van der Waals surface area contributed by atoms with Gasteiger partial charge in [0.1, 0.15) is 48.1 Å². The van der Waals surface area contributed by atoms with Crippen LogP contribution >= 0.6 is 0 Å². The summed E-state index contributed by atoms with van der Waals surface area (Å²) in [5.41, 5.74) is 0.447. The predicted molar refractivity (Wildman–Crippen MR) is 117 cm³/mol. The number of rotatable bonds is 6. The van der Waals surface area contributed by atoms with Gasteiger partial charge >= 0.3 is 0 Å². The number of ether oxygens (including phenoxy) is 4. The van der Waals surface area contributed by atoms with Gasteiger partial charge in [0.25, 0.3) is 0 Å². The Balaban J connectivity index is 1.68. The number of aromatic hydroxyl groups is 1.